The summed E-state index contributed by atoms with van der Waals surface area (Å²) < 4.78 is 26.2. The van der Waals surface area contributed by atoms with Crippen molar-refractivity contribution in [1.29, 1.82) is 5.26 Å². The molecule has 2 N–H and O–H groups in total. The molecule has 0 aromatic heterocycles. The van der Waals surface area contributed by atoms with Gasteiger partial charge < -0.3 is 5.11 Å². The van der Waals surface area contributed by atoms with E-state index in [2.05, 4.69) is 4.72 Å². The van der Waals surface area contributed by atoms with Gasteiger partial charge in [-0.15, -0.1) is 0 Å². The number of rotatable bonds is 6. The van der Waals surface area contributed by atoms with Gasteiger partial charge in [0.1, 0.15) is 6.04 Å². The van der Waals surface area contributed by atoms with E-state index in [9.17, 15) is 13.2 Å². The molecule has 1 fully saturated rings. The monoisotopic (exact) mass is 294 g/mol. The molecule has 7 heteroatoms. The molecule has 1 unspecified atom stereocenters. The molecule has 20 heavy (non-hydrogen) atoms. The van der Waals surface area contributed by atoms with Crippen LogP contribution in [-0.2, 0) is 20.6 Å². The highest BCUT2D eigenvalue weighted by Crippen LogP contribution is 2.33. The van der Waals surface area contributed by atoms with Gasteiger partial charge in [-0.3, -0.25) is 4.79 Å². The molecule has 1 atom stereocenters. The zero-order valence-electron chi connectivity index (χ0n) is 10.6. The Kier molecular flexibility index (Phi) is 4.06. The maximum Gasteiger partial charge on any atom is 0.322 e. The van der Waals surface area contributed by atoms with Crippen LogP contribution in [0.15, 0.2) is 24.3 Å². The SMILES string of the molecule is N#Cc1cccc(CS(=O)(=O)NC(C(=O)O)C2CC2)c1. The first-order chi connectivity index (χ1) is 9.41. The molecule has 0 amide bonds. The normalized spacial score (nSPS) is 16.4. The van der Waals surface area contributed by atoms with E-state index in [1.807, 2.05) is 6.07 Å². The van der Waals surface area contributed by atoms with Crippen LogP contribution in [0, 0.1) is 17.2 Å². The van der Waals surface area contributed by atoms with Crippen LogP contribution in [0.25, 0.3) is 0 Å². The average molecular weight is 294 g/mol. The quantitative estimate of drug-likeness (QED) is 0.808. The van der Waals surface area contributed by atoms with Gasteiger partial charge in [0.05, 0.1) is 17.4 Å². The molecule has 1 aliphatic carbocycles. The molecule has 0 radical (unpaired) electrons. The van der Waals surface area contributed by atoms with Gasteiger partial charge in [-0.05, 0) is 36.5 Å². The highest BCUT2D eigenvalue weighted by atomic mass is 32.2. The Balaban J connectivity index is 2.10. The third kappa shape index (κ3) is 3.79. The third-order valence-electron chi connectivity index (χ3n) is 3.08. The highest BCUT2D eigenvalue weighted by molar-refractivity contribution is 7.88. The van der Waals surface area contributed by atoms with Crippen LogP contribution in [0.2, 0.25) is 0 Å². The van der Waals surface area contributed by atoms with Crippen molar-refractivity contribution in [3.8, 4) is 6.07 Å². The smallest absolute Gasteiger partial charge is 0.322 e. The maximum absolute atomic E-state index is 12.0. The molecule has 1 aliphatic rings. The number of hydrogen-bond donors (Lipinski definition) is 2. The van der Waals surface area contributed by atoms with Crippen molar-refractivity contribution in [3.05, 3.63) is 35.4 Å². The van der Waals surface area contributed by atoms with Crippen LogP contribution in [0.1, 0.15) is 24.0 Å². The van der Waals surface area contributed by atoms with Crippen LogP contribution in [0.4, 0.5) is 0 Å². The second-order valence-electron chi connectivity index (χ2n) is 4.84. The van der Waals surface area contributed by atoms with Crippen LogP contribution < -0.4 is 4.72 Å². The van der Waals surface area contributed by atoms with Crippen LogP contribution in [0.5, 0.6) is 0 Å². The number of sulfonamides is 1. The predicted molar refractivity (Wildman–Crippen MR) is 71.1 cm³/mol. The maximum atomic E-state index is 12.0. The van der Waals surface area contributed by atoms with Crippen LogP contribution in [0.3, 0.4) is 0 Å². The average Bonchev–Trinajstić information content (AvgIpc) is 3.19. The molecule has 0 heterocycles. The molecule has 0 aliphatic heterocycles. The second kappa shape index (κ2) is 5.61. The zero-order chi connectivity index (χ0) is 14.8. The summed E-state index contributed by atoms with van der Waals surface area (Å²) in [5.74, 6) is -1.60. The van der Waals surface area contributed by atoms with E-state index in [0.29, 0.717) is 11.1 Å². The van der Waals surface area contributed by atoms with Crippen LogP contribution >= 0.6 is 0 Å². The molecule has 2 rings (SSSR count). The van der Waals surface area contributed by atoms with Crippen molar-refractivity contribution in [3.63, 3.8) is 0 Å². The number of carbonyl (C=O) groups is 1. The zero-order valence-corrected chi connectivity index (χ0v) is 11.4. The van der Waals surface area contributed by atoms with Crippen LogP contribution in [-0.4, -0.2) is 25.5 Å². The predicted octanol–water partition coefficient (Wildman–Crippen LogP) is 0.841. The number of nitrogens with one attached hydrogen (secondary N) is 1. The second-order valence-corrected chi connectivity index (χ2v) is 6.60. The Hall–Kier alpha value is -1.91. The number of benzene rings is 1. The Morgan fingerprint density at radius 3 is 2.75 bits per heavy atom. The lowest BCUT2D eigenvalue weighted by Crippen LogP contribution is -2.42. The van der Waals surface area contributed by atoms with Crippen molar-refractivity contribution >= 4 is 16.0 Å². The first kappa shape index (κ1) is 14.5. The third-order valence-corrected chi connectivity index (χ3v) is 4.41. The summed E-state index contributed by atoms with van der Waals surface area (Å²) in [6.45, 7) is 0. The van der Waals surface area contributed by atoms with E-state index in [1.54, 1.807) is 18.2 Å². The molecule has 106 valence electrons. The fourth-order valence-corrected chi connectivity index (χ4v) is 3.34. The highest BCUT2D eigenvalue weighted by Gasteiger charge is 2.38. The van der Waals surface area contributed by atoms with Gasteiger partial charge in [0.25, 0.3) is 0 Å². The van der Waals surface area contributed by atoms with Crippen molar-refractivity contribution in [2.75, 3.05) is 0 Å². The Morgan fingerprint density at radius 2 is 2.20 bits per heavy atom. The van der Waals surface area contributed by atoms with E-state index < -0.39 is 22.0 Å². The van der Waals surface area contributed by atoms with Gasteiger partial charge in [0, 0.05) is 0 Å². The Labute approximate surface area is 117 Å². The summed E-state index contributed by atoms with van der Waals surface area (Å²) in [6, 6.07) is 7.12. The summed E-state index contributed by atoms with van der Waals surface area (Å²) in [4.78, 5) is 11.0. The Morgan fingerprint density at radius 1 is 1.50 bits per heavy atom. The van der Waals surface area contributed by atoms with Crippen molar-refractivity contribution in [1.82, 2.24) is 4.72 Å². The van der Waals surface area contributed by atoms with E-state index in [4.69, 9.17) is 10.4 Å². The fraction of sp³-hybridized carbons (Fsp3) is 0.385. The molecule has 0 spiro atoms. The largest absolute Gasteiger partial charge is 0.480 e. The van der Waals surface area contributed by atoms with Gasteiger partial charge >= 0.3 is 5.97 Å². The van der Waals surface area contributed by atoms with Gasteiger partial charge in [0.15, 0.2) is 0 Å². The van der Waals surface area contributed by atoms with E-state index in [1.165, 1.54) is 6.07 Å². The van der Waals surface area contributed by atoms with Crippen molar-refractivity contribution < 1.29 is 18.3 Å². The molecule has 0 bridgehead atoms. The van der Waals surface area contributed by atoms with E-state index in [0.717, 1.165) is 12.8 Å². The summed E-state index contributed by atoms with van der Waals surface area (Å²) >= 11 is 0. The van der Waals surface area contributed by atoms with Gasteiger partial charge in [-0.2, -0.15) is 5.26 Å². The lowest BCUT2D eigenvalue weighted by atomic mass is 10.2. The van der Waals surface area contributed by atoms with E-state index >= 15 is 0 Å². The standard InChI is InChI=1S/C13H14N2O4S/c14-7-9-2-1-3-10(6-9)8-20(18,19)15-12(13(16)17)11-4-5-11/h1-3,6,11-12,15H,4-5,8H2,(H,16,17). The number of nitriles is 1. The first-order valence-corrected chi connectivity index (χ1v) is 7.78. The molecule has 0 saturated heterocycles. The van der Waals surface area contributed by atoms with E-state index in [-0.39, 0.29) is 11.7 Å². The minimum Gasteiger partial charge on any atom is -0.480 e. The summed E-state index contributed by atoms with van der Waals surface area (Å²) in [5.41, 5.74) is 0.825. The lowest BCUT2D eigenvalue weighted by molar-refractivity contribution is -0.139. The van der Waals surface area contributed by atoms with Crippen molar-refractivity contribution in [2.45, 2.75) is 24.6 Å². The van der Waals surface area contributed by atoms with Gasteiger partial charge in [0.2, 0.25) is 10.0 Å². The molecular weight excluding hydrogens is 280 g/mol. The molecule has 6 nitrogen and oxygen atoms in total. The summed E-state index contributed by atoms with van der Waals surface area (Å²) in [6.07, 6.45) is 1.45. The molecule has 1 aromatic rings. The van der Waals surface area contributed by atoms with Crippen molar-refractivity contribution in [2.24, 2.45) is 5.92 Å². The number of hydrogen-bond acceptors (Lipinski definition) is 4. The molecule has 1 aromatic carbocycles. The number of carboxylic acids is 1. The lowest BCUT2D eigenvalue weighted by Gasteiger charge is -2.14. The summed E-state index contributed by atoms with van der Waals surface area (Å²) in [7, 11) is -3.75. The summed E-state index contributed by atoms with van der Waals surface area (Å²) in [5, 5.41) is 17.8. The number of carboxylic acid groups (broad SMARTS) is 1. The topological polar surface area (TPSA) is 107 Å². The van der Waals surface area contributed by atoms with Gasteiger partial charge in [-0.1, -0.05) is 12.1 Å². The minimum absolute atomic E-state index is 0.118. The Bertz CT molecular complexity index is 659. The van der Waals surface area contributed by atoms with Gasteiger partial charge in [-0.25, -0.2) is 13.1 Å². The number of nitrogens with zero attached hydrogens (tertiary/aromatic N) is 1. The number of aliphatic carboxylic acids is 1. The fourth-order valence-electron chi connectivity index (χ4n) is 1.96. The molecule has 1 saturated carbocycles. The molecular formula is C13H14N2O4S. The first-order valence-electron chi connectivity index (χ1n) is 6.13. The minimum atomic E-state index is -3.75.